The summed E-state index contributed by atoms with van der Waals surface area (Å²) in [6, 6.07) is 21.6. The molecule has 40 heavy (non-hydrogen) atoms. The summed E-state index contributed by atoms with van der Waals surface area (Å²) in [7, 11) is 0. The molecular formula is C33H43N3O4. The van der Waals surface area contributed by atoms with Gasteiger partial charge in [0.05, 0.1) is 19.8 Å². The van der Waals surface area contributed by atoms with Crippen molar-refractivity contribution in [2.24, 2.45) is 0 Å². The maximum atomic E-state index is 13.8. The zero-order chi connectivity index (χ0) is 28.2. The number of furan rings is 1. The van der Waals surface area contributed by atoms with Crippen LogP contribution in [0.4, 0.5) is 0 Å². The number of benzene rings is 2. The van der Waals surface area contributed by atoms with Crippen molar-refractivity contribution in [2.75, 3.05) is 45.9 Å². The van der Waals surface area contributed by atoms with E-state index in [1.54, 1.807) is 9.80 Å². The van der Waals surface area contributed by atoms with Gasteiger partial charge in [0.2, 0.25) is 5.91 Å². The van der Waals surface area contributed by atoms with Crippen molar-refractivity contribution in [1.82, 2.24) is 14.7 Å². The average molecular weight is 546 g/mol. The minimum absolute atomic E-state index is 0.0199. The highest BCUT2D eigenvalue weighted by Gasteiger charge is 2.24. The van der Waals surface area contributed by atoms with Crippen LogP contribution in [0, 0.1) is 6.92 Å². The van der Waals surface area contributed by atoms with Crippen LogP contribution in [-0.2, 0) is 29.0 Å². The van der Waals surface area contributed by atoms with Crippen LogP contribution in [-0.4, -0.2) is 72.5 Å². The summed E-state index contributed by atoms with van der Waals surface area (Å²) < 4.78 is 11.3. The number of hydrogen-bond acceptors (Lipinski definition) is 5. The SMILES string of the molecule is CCCCc1ccc(C(=O)N(CCCN2CCOCC2)CC(=O)N(Cc2ccccc2)Cc2ccc(C)o2)cc1. The minimum Gasteiger partial charge on any atom is -0.464 e. The van der Waals surface area contributed by atoms with Gasteiger partial charge in [0.25, 0.3) is 5.91 Å². The Hall–Kier alpha value is -3.42. The Bertz CT molecular complexity index is 1190. The lowest BCUT2D eigenvalue weighted by molar-refractivity contribution is -0.133. The molecule has 7 nitrogen and oxygen atoms in total. The number of unbranched alkanes of at least 4 members (excludes halogenated alkanes) is 1. The fourth-order valence-corrected chi connectivity index (χ4v) is 5.00. The van der Waals surface area contributed by atoms with E-state index in [0.29, 0.717) is 25.2 Å². The summed E-state index contributed by atoms with van der Waals surface area (Å²) in [6.07, 6.45) is 4.07. The van der Waals surface area contributed by atoms with Gasteiger partial charge in [-0.2, -0.15) is 0 Å². The van der Waals surface area contributed by atoms with E-state index in [0.717, 1.165) is 75.6 Å². The molecule has 0 spiro atoms. The molecule has 2 aromatic carbocycles. The van der Waals surface area contributed by atoms with Gasteiger partial charge in [0.15, 0.2) is 0 Å². The summed E-state index contributed by atoms with van der Waals surface area (Å²) in [4.78, 5) is 33.4. The molecule has 0 aliphatic carbocycles. The van der Waals surface area contributed by atoms with Crippen LogP contribution in [0.5, 0.6) is 0 Å². The molecular weight excluding hydrogens is 502 g/mol. The summed E-state index contributed by atoms with van der Waals surface area (Å²) in [5, 5.41) is 0. The molecule has 2 heterocycles. The molecule has 2 amide bonds. The van der Waals surface area contributed by atoms with E-state index in [-0.39, 0.29) is 18.4 Å². The third kappa shape index (κ3) is 9.07. The summed E-state index contributed by atoms with van der Waals surface area (Å²) >= 11 is 0. The van der Waals surface area contributed by atoms with Crippen molar-refractivity contribution in [3.8, 4) is 0 Å². The maximum Gasteiger partial charge on any atom is 0.254 e. The molecule has 1 aromatic heterocycles. The van der Waals surface area contributed by atoms with E-state index in [4.69, 9.17) is 9.15 Å². The minimum atomic E-state index is -0.106. The number of ether oxygens (including phenoxy) is 1. The van der Waals surface area contributed by atoms with Crippen LogP contribution in [0.15, 0.2) is 71.1 Å². The molecule has 0 atom stereocenters. The molecule has 0 unspecified atom stereocenters. The van der Waals surface area contributed by atoms with Gasteiger partial charge in [-0.15, -0.1) is 0 Å². The lowest BCUT2D eigenvalue weighted by atomic mass is 10.1. The predicted octanol–water partition coefficient (Wildman–Crippen LogP) is 5.32. The van der Waals surface area contributed by atoms with Crippen LogP contribution < -0.4 is 0 Å². The number of hydrogen-bond donors (Lipinski definition) is 0. The summed E-state index contributed by atoms with van der Waals surface area (Å²) in [6.45, 7) is 9.57. The van der Waals surface area contributed by atoms with E-state index in [1.807, 2.05) is 73.7 Å². The first-order valence-electron chi connectivity index (χ1n) is 14.6. The molecule has 1 saturated heterocycles. The number of amides is 2. The molecule has 0 radical (unpaired) electrons. The first-order chi connectivity index (χ1) is 19.5. The number of nitrogens with zero attached hydrogens (tertiary/aromatic N) is 3. The van der Waals surface area contributed by atoms with Crippen molar-refractivity contribution in [1.29, 1.82) is 0 Å². The highest BCUT2D eigenvalue weighted by atomic mass is 16.5. The van der Waals surface area contributed by atoms with E-state index in [2.05, 4.69) is 11.8 Å². The lowest BCUT2D eigenvalue weighted by Crippen LogP contribution is -2.44. The van der Waals surface area contributed by atoms with Crippen molar-refractivity contribution in [3.05, 3.63) is 94.9 Å². The highest BCUT2D eigenvalue weighted by molar-refractivity contribution is 5.96. The Morgan fingerprint density at radius 1 is 0.850 bits per heavy atom. The molecule has 4 rings (SSSR count). The lowest BCUT2D eigenvalue weighted by Gasteiger charge is -2.30. The van der Waals surface area contributed by atoms with Crippen molar-refractivity contribution in [3.63, 3.8) is 0 Å². The first kappa shape index (κ1) is 29.6. The summed E-state index contributed by atoms with van der Waals surface area (Å²) in [5.74, 6) is 1.34. The molecule has 1 fully saturated rings. The van der Waals surface area contributed by atoms with Gasteiger partial charge >= 0.3 is 0 Å². The fourth-order valence-electron chi connectivity index (χ4n) is 5.00. The van der Waals surface area contributed by atoms with E-state index in [1.165, 1.54) is 5.56 Å². The normalized spacial score (nSPS) is 13.8. The van der Waals surface area contributed by atoms with Crippen LogP contribution in [0.3, 0.4) is 0 Å². The fraction of sp³-hybridized carbons (Fsp3) is 0.455. The zero-order valence-electron chi connectivity index (χ0n) is 24.0. The molecule has 7 heteroatoms. The second-order valence-electron chi connectivity index (χ2n) is 10.6. The zero-order valence-corrected chi connectivity index (χ0v) is 24.0. The highest BCUT2D eigenvalue weighted by Crippen LogP contribution is 2.16. The Morgan fingerprint density at radius 2 is 1.60 bits per heavy atom. The second-order valence-corrected chi connectivity index (χ2v) is 10.6. The number of carbonyl (C=O) groups is 2. The quantitative estimate of drug-likeness (QED) is 0.274. The Kier molecular flexibility index (Phi) is 11.4. The topological polar surface area (TPSA) is 66.2 Å². The number of morpholine rings is 1. The Balaban J connectivity index is 1.49. The average Bonchev–Trinajstić information content (AvgIpc) is 3.40. The largest absolute Gasteiger partial charge is 0.464 e. The van der Waals surface area contributed by atoms with Crippen molar-refractivity contribution >= 4 is 11.8 Å². The van der Waals surface area contributed by atoms with Gasteiger partial charge in [-0.25, -0.2) is 0 Å². The summed E-state index contributed by atoms with van der Waals surface area (Å²) in [5.41, 5.74) is 2.89. The van der Waals surface area contributed by atoms with Gasteiger partial charge in [-0.05, 0) is 61.6 Å². The Morgan fingerprint density at radius 3 is 2.27 bits per heavy atom. The second kappa shape index (κ2) is 15.4. The standard InChI is InChI=1S/C33H43N3O4/c1-3-4-9-28-13-15-30(16-14-28)33(38)35(19-8-18-34-20-22-39-23-21-34)26-32(37)36(24-29-10-6-5-7-11-29)25-31-17-12-27(2)40-31/h5-7,10-17H,3-4,8-9,18-26H2,1-2H3. The van der Waals surface area contributed by atoms with Crippen molar-refractivity contribution < 1.29 is 18.7 Å². The van der Waals surface area contributed by atoms with Gasteiger partial charge < -0.3 is 19.0 Å². The molecule has 214 valence electrons. The monoisotopic (exact) mass is 545 g/mol. The molecule has 0 N–H and O–H groups in total. The number of carbonyl (C=O) groups excluding carboxylic acids is 2. The molecule has 0 bridgehead atoms. The predicted molar refractivity (Wildman–Crippen MR) is 157 cm³/mol. The third-order valence-corrected chi connectivity index (χ3v) is 7.35. The smallest absolute Gasteiger partial charge is 0.254 e. The molecule has 0 saturated carbocycles. The van der Waals surface area contributed by atoms with Crippen LogP contribution >= 0.6 is 0 Å². The van der Waals surface area contributed by atoms with E-state index < -0.39 is 0 Å². The maximum absolute atomic E-state index is 13.8. The molecule has 3 aromatic rings. The third-order valence-electron chi connectivity index (χ3n) is 7.35. The van der Waals surface area contributed by atoms with Crippen LogP contribution in [0.1, 0.15) is 59.2 Å². The molecule has 1 aliphatic rings. The van der Waals surface area contributed by atoms with Gasteiger partial charge in [-0.3, -0.25) is 14.5 Å². The number of rotatable bonds is 14. The van der Waals surface area contributed by atoms with Crippen LogP contribution in [0.2, 0.25) is 0 Å². The number of aryl methyl sites for hydroxylation is 2. The van der Waals surface area contributed by atoms with E-state index in [9.17, 15) is 9.59 Å². The van der Waals surface area contributed by atoms with Gasteiger partial charge in [0, 0.05) is 38.3 Å². The van der Waals surface area contributed by atoms with Gasteiger partial charge in [-0.1, -0.05) is 55.8 Å². The first-order valence-corrected chi connectivity index (χ1v) is 14.6. The van der Waals surface area contributed by atoms with Gasteiger partial charge in [0.1, 0.15) is 18.1 Å². The van der Waals surface area contributed by atoms with E-state index >= 15 is 0 Å². The Labute approximate surface area is 238 Å². The molecule has 1 aliphatic heterocycles. The van der Waals surface area contributed by atoms with Crippen LogP contribution in [0.25, 0.3) is 0 Å². The van der Waals surface area contributed by atoms with Crippen molar-refractivity contribution in [2.45, 2.75) is 52.6 Å².